The molecule has 3 rings (SSSR count). The number of rotatable bonds is 1. The van der Waals surface area contributed by atoms with E-state index in [1.54, 1.807) is 11.3 Å². The molecule has 0 fully saturated rings. The molecular formula is C11H7N2S. The summed E-state index contributed by atoms with van der Waals surface area (Å²) in [5.41, 5.74) is 1.97. The van der Waals surface area contributed by atoms with E-state index < -0.39 is 0 Å². The minimum Gasteiger partial charge on any atom is -0.306 e. The number of fused-ring (bicyclic) bond motifs is 1. The van der Waals surface area contributed by atoms with Crippen LogP contribution in [0.5, 0.6) is 0 Å². The number of hydrogen-bond acceptors (Lipinski definition) is 2. The SMILES string of the molecule is [c]1ccn2cc(-c3cccs3)nc2c1. The molecule has 0 unspecified atom stereocenters. The van der Waals surface area contributed by atoms with Crippen LogP contribution in [0.2, 0.25) is 0 Å². The molecule has 0 atom stereocenters. The summed E-state index contributed by atoms with van der Waals surface area (Å²) in [4.78, 5) is 5.70. The van der Waals surface area contributed by atoms with Crippen molar-refractivity contribution in [3.8, 4) is 10.6 Å². The third kappa shape index (κ3) is 1.14. The van der Waals surface area contributed by atoms with Crippen molar-refractivity contribution in [3.05, 3.63) is 48.1 Å². The summed E-state index contributed by atoms with van der Waals surface area (Å²) in [5, 5.41) is 2.06. The molecule has 3 aromatic rings. The Bertz CT molecular complexity index is 518. The number of thiophene rings is 1. The van der Waals surface area contributed by atoms with Crippen molar-refractivity contribution < 1.29 is 0 Å². The van der Waals surface area contributed by atoms with Gasteiger partial charge in [0.2, 0.25) is 0 Å². The molecular weight excluding hydrogens is 192 g/mol. The predicted octanol–water partition coefficient (Wildman–Crippen LogP) is 2.86. The summed E-state index contributed by atoms with van der Waals surface area (Å²) in [6.45, 7) is 0. The Morgan fingerprint density at radius 2 is 2.43 bits per heavy atom. The molecule has 0 spiro atoms. The van der Waals surface area contributed by atoms with E-state index in [0.717, 1.165) is 11.3 Å². The first kappa shape index (κ1) is 7.76. The van der Waals surface area contributed by atoms with Crippen molar-refractivity contribution in [3.63, 3.8) is 0 Å². The van der Waals surface area contributed by atoms with E-state index in [2.05, 4.69) is 22.5 Å². The fourth-order valence-electron chi connectivity index (χ4n) is 1.42. The van der Waals surface area contributed by atoms with Crippen molar-refractivity contribution in [1.29, 1.82) is 0 Å². The van der Waals surface area contributed by atoms with Gasteiger partial charge in [-0.05, 0) is 29.6 Å². The minimum atomic E-state index is 0.941. The van der Waals surface area contributed by atoms with Crippen LogP contribution in [0.3, 0.4) is 0 Å². The molecule has 0 aliphatic carbocycles. The van der Waals surface area contributed by atoms with Crippen LogP contribution in [0.15, 0.2) is 42.0 Å². The Labute approximate surface area is 85.5 Å². The Balaban J connectivity index is 2.24. The standard InChI is InChI=1S/C11H7N2S/c1-2-6-13-8-9(12-11(13)5-1)10-4-3-7-14-10/h2-8H. The molecule has 0 aliphatic rings. The zero-order valence-electron chi connectivity index (χ0n) is 7.34. The summed E-state index contributed by atoms with van der Waals surface area (Å²) >= 11 is 1.71. The van der Waals surface area contributed by atoms with Gasteiger partial charge in [-0.2, -0.15) is 0 Å². The lowest BCUT2D eigenvalue weighted by Crippen LogP contribution is -1.77. The van der Waals surface area contributed by atoms with Gasteiger partial charge in [-0.15, -0.1) is 11.3 Å². The maximum Gasteiger partial charge on any atom is 0.138 e. The molecule has 0 amide bonds. The lowest BCUT2D eigenvalue weighted by molar-refractivity contribution is 1.19. The highest BCUT2D eigenvalue weighted by Crippen LogP contribution is 2.23. The second-order valence-corrected chi connectivity index (χ2v) is 3.94. The third-order valence-corrected chi connectivity index (χ3v) is 2.97. The summed E-state index contributed by atoms with van der Waals surface area (Å²) < 4.78 is 2.01. The van der Waals surface area contributed by atoms with Gasteiger partial charge < -0.3 is 4.40 Å². The van der Waals surface area contributed by atoms with Crippen molar-refractivity contribution in [2.45, 2.75) is 0 Å². The van der Waals surface area contributed by atoms with Gasteiger partial charge in [-0.3, -0.25) is 0 Å². The monoisotopic (exact) mass is 199 g/mol. The second-order valence-electron chi connectivity index (χ2n) is 3.00. The zero-order chi connectivity index (χ0) is 9.38. The van der Waals surface area contributed by atoms with E-state index in [0.29, 0.717) is 0 Å². The van der Waals surface area contributed by atoms with Crippen LogP contribution in [0, 0.1) is 6.07 Å². The van der Waals surface area contributed by atoms with Gasteiger partial charge in [0, 0.05) is 12.4 Å². The van der Waals surface area contributed by atoms with Crippen LogP contribution in [0.4, 0.5) is 0 Å². The fourth-order valence-corrected chi connectivity index (χ4v) is 2.10. The number of pyridine rings is 1. The molecule has 14 heavy (non-hydrogen) atoms. The van der Waals surface area contributed by atoms with Gasteiger partial charge in [-0.25, -0.2) is 4.98 Å². The highest BCUT2D eigenvalue weighted by molar-refractivity contribution is 7.13. The molecule has 2 nitrogen and oxygen atoms in total. The normalized spacial score (nSPS) is 10.9. The smallest absolute Gasteiger partial charge is 0.138 e. The molecule has 1 radical (unpaired) electrons. The summed E-state index contributed by atoms with van der Waals surface area (Å²) in [6.07, 6.45) is 3.99. The van der Waals surface area contributed by atoms with Crippen LogP contribution in [-0.4, -0.2) is 9.38 Å². The van der Waals surface area contributed by atoms with Gasteiger partial charge in [0.15, 0.2) is 0 Å². The highest BCUT2D eigenvalue weighted by Gasteiger charge is 2.03. The Morgan fingerprint density at radius 1 is 1.43 bits per heavy atom. The van der Waals surface area contributed by atoms with Crippen LogP contribution in [0.1, 0.15) is 0 Å². The van der Waals surface area contributed by atoms with Gasteiger partial charge in [0.25, 0.3) is 0 Å². The molecule has 0 bridgehead atoms. The maximum atomic E-state index is 4.50. The molecule has 0 N–H and O–H groups in total. The van der Waals surface area contributed by atoms with E-state index in [4.69, 9.17) is 0 Å². The molecule has 3 heterocycles. The number of aromatic nitrogens is 2. The fraction of sp³-hybridized carbons (Fsp3) is 0. The molecule has 3 heteroatoms. The maximum absolute atomic E-state index is 4.50. The first-order valence-electron chi connectivity index (χ1n) is 4.32. The molecule has 3 aromatic heterocycles. The topological polar surface area (TPSA) is 17.3 Å². The first-order valence-corrected chi connectivity index (χ1v) is 5.20. The summed E-state index contributed by atoms with van der Waals surface area (Å²) in [6, 6.07) is 10.9. The number of nitrogens with zero attached hydrogens (tertiary/aromatic N) is 2. The van der Waals surface area contributed by atoms with Crippen molar-refractivity contribution in [2.75, 3.05) is 0 Å². The number of hydrogen-bond donors (Lipinski definition) is 0. The zero-order valence-corrected chi connectivity index (χ0v) is 8.16. The Hall–Kier alpha value is -1.61. The van der Waals surface area contributed by atoms with E-state index in [1.807, 2.05) is 35.0 Å². The second kappa shape index (κ2) is 2.96. The molecule has 0 aliphatic heterocycles. The molecule has 67 valence electrons. The van der Waals surface area contributed by atoms with E-state index in [1.165, 1.54) is 4.88 Å². The molecule has 0 saturated heterocycles. The van der Waals surface area contributed by atoms with Crippen molar-refractivity contribution in [2.24, 2.45) is 0 Å². The van der Waals surface area contributed by atoms with E-state index in [9.17, 15) is 0 Å². The van der Waals surface area contributed by atoms with Crippen molar-refractivity contribution >= 4 is 17.0 Å². The van der Waals surface area contributed by atoms with Gasteiger partial charge in [-0.1, -0.05) is 6.07 Å². The number of imidazole rings is 1. The summed E-state index contributed by atoms with van der Waals surface area (Å²) in [7, 11) is 0. The quantitative estimate of drug-likeness (QED) is 0.589. The first-order chi connectivity index (χ1) is 6.93. The molecule has 0 aromatic carbocycles. The van der Waals surface area contributed by atoms with E-state index >= 15 is 0 Å². The summed E-state index contributed by atoms with van der Waals surface area (Å²) in [5.74, 6) is 0. The molecule has 0 saturated carbocycles. The van der Waals surface area contributed by atoms with Gasteiger partial charge >= 0.3 is 0 Å². The highest BCUT2D eigenvalue weighted by atomic mass is 32.1. The van der Waals surface area contributed by atoms with Crippen LogP contribution >= 0.6 is 11.3 Å². The minimum absolute atomic E-state index is 0.941. The Kier molecular flexibility index (Phi) is 1.64. The lowest BCUT2D eigenvalue weighted by atomic mass is 10.4. The predicted molar refractivity (Wildman–Crippen MR) is 57.3 cm³/mol. The largest absolute Gasteiger partial charge is 0.306 e. The lowest BCUT2D eigenvalue weighted by Gasteiger charge is -1.86. The van der Waals surface area contributed by atoms with Crippen LogP contribution < -0.4 is 0 Å². The van der Waals surface area contributed by atoms with E-state index in [-0.39, 0.29) is 0 Å². The van der Waals surface area contributed by atoms with Gasteiger partial charge in [0.05, 0.1) is 10.6 Å². The van der Waals surface area contributed by atoms with Crippen molar-refractivity contribution in [1.82, 2.24) is 9.38 Å². The van der Waals surface area contributed by atoms with Crippen LogP contribution in [-0.2, 0) is 0 Å². The Morgan fingerprint density at radius 3 is 3.21 bits per heavy atom. The average Bonchev–Trinajstić information content (AvgIpc) is 2.86. The third-order valence-electron chi connectivity index (χ3n) is 2.08. The van der Waals surface area contributed by atoms with Crippen LogP contribution in [0.25, 0.3) is 16.2 Å². The van der Waals surface area contributed by atoms with Gasteiger partial charge in [0.1, 0.15) is 5.65 Å². The average molecular weight is 199 g/mol.